The van der Waals surface area contributed by atoms with E-state index in [9.17, 15) is 9.59 Å². The minimum atomic E-state index is -0.251. The average Bonchev–Trinajstić information content (AvgIpc) is 3.66. The molecule has 1 N–H and O–H groups in total. The van der Waals surface area contributed by atoms with E-state index >= 15 is 0 Å². The van der Waals surface area contributed by atoms with E-state index in [1.54, 1.807) is 23.0 Å². The maximum Gasteiger partial charge on any atom is 0.258 e. The van der Waals surface area contributed by atoms with Crippen molar-refractivity contribution in [3.05, 3.63) is 66.0 Å². The van der Waals surface area contributed by atoms with Crippen LogP contribution in [-0.2, 0) is 24.8 Å². The smallest absolute Gasteiger partial charge is 0.258 e. The second-order valence-electron chi connectivity index (χ2n) is 10.9. The molecular weight excluding hydrogens is 518 g/mol. The van der Waals surface area contributed by atoms with Crippen molar-refractivity contribution >= 4 is 28.8 Å². The van der Waals surface area contributed by atoms with E-state index < -0.39 is 0 Å². The number of nitrogens with zero attached hydrogens (tertiary/aromatic N) is 6. The number of fused-ring (bicyclic) bond motifs is 7. The number of carbonyl (C=O) groups is 2. The van der Waals surface area contributed by atoms with Crippen molar-refractivity contribution in [2.75, 3.05) is 18.5 Å². The molecule has 3 aromatic heterocycles. The SMILES string of the molecule is C=CC(=O)N1CCCC1Cc1ccc2nc3n(c2c1)CCCCCOc1c(cnn1C)-c1cc(cc(C)n1)C(=O)N3. The fourth-order valence-electron chi connectivity index (χ4n) is 5.95. The zero-order chi connectivity index (χ0) is 28.5. The lowest BCUT2D eigenvalue weighted by Crippen LogP contribution is -2.35. The molecular formula is C31H35N7O3. The maximum atomic E-state index is 13.6. The van der Waals surface area contributed by atoms with Gasteiger partial charge in [-0.2, -0.15) is 5.10 Å². The summed E-state index contributed by atoms with van der Waals surface area (Å²) in [6.45, 7) is 7.58. The van der Waals surface area contributed by atoms with Crippen molar-refractivity contribution in [3.8, 4) is 17.1 Å². The highest BCUT2D eigenvalue weighted by Crippen LogP contribution is 2.31. The third-order valence-corrected chi connectivity index (χ3v) is 7.98. The number of likely N-dealkylation sites (tertiary alicyclic amines) is 1. The van der Waals surface area contributed by atoms with Crippen LogP contribution in [0.15, 0.2) is 49.2 Å². The average molecular weight is 554 g/mol. The Hall–Kier alpha value is -4.47. The number of nitrogens with one attached hydrogen (secondary N) is 1. The van der Waals surface area contributed by atoms with Crippen molar-refractivity contribution in [1.29, 1.82) is 0 Å². The highest BCUT2D eigenvalue weighted by molar-refractivity contribution is 6.04. The van der Waals surface area contributed by atoms with Crippen molar-refractivity contribution in [3.63, 3.8) is 0 Å². The normalized spacial score (nSPS) is 17.7. The van der Waals surface area contributed by atoms with Gasteiger partial charge in [0.15, 0.2) is 0 Å². The Morgan fingerprint density at radius 3 is 2.88 bits per heavy atom. The largest absolute Gasteiger partial charge is 0.477 e. The minimum Gasteiger partial charge on any atom is -0.477 e. The van der Waals surface area contributed by atoms with Crippen LogP contribution in [0.5, 0.6) is 5.88 Å². The summed E-state index contributed by atoms with van der Waals surface area (Å²) in [7, 11) is 1.84. The van der Waals surface area contributed by atoms with Gasteiger partial charge in [-0.3, -0.25) is 19.9 Å². The van der Waals surface area contributed by atoms with E-state index in [1.165, 1.54) is 6.08 Å². The molecule has 212 valence electrons. The third kappa shape index (κ3) is 5.33. The molecule has 0 aliphatic carbocycles. The van der Waals surface area contributed by atoms with E-state index in [-0.39, 0.29) is 17.9 Å². The number of aromatic nitrogens is 5. The molecule has 10 nitrogen and oxygen atoms in total. The van der Waals surface area contributed by atoms with Gasteiger partial charge in [0.25, 0.3) is 5.91 Å². The first kappa shape index (κ1) is 26.7. The van der Waals surface area contributed by atoms with Crippen LogP contribution >= 0.6 is 0 Å². The molecule has 0 spiro atoms. The molecule has 2 aliphatic rings. The first-order chi connectivity index (χ1) is 19.9. The van der Waals surface area contributed by atoms with Gasteiger partial charge in [0.2, 0.25) is 17.7 Å². The van der Waals surface area contributed by atoms with Crippen LogP contribution < -0.4 is 10.1 Å². The molecule has 0 saturated carbocycles. The van der Waals surface area contributed by atoms with Gasteiger partial charge in [-0.1, -0.05) is 12.6 Å². The lowest BCUT2D eigenvalue weighted by Gasteiger charge is -2.23. The first-order valence-electron chi connectivity index (χ1n) is 14.3. The monoisotopic (exact) mass is 553 g/mol. The Bertz CT molecular complexity index is 1640. The molecule has 1 aromatic carbocycles. The number of rotatable bonds is 3. The van der Waals surface area contributed by atoms with Crippen LogP contribution in [0.1, 0.15) is 53.7 Å². The number of hydrogen-bond acceptors (Lipinski definition) is 6. The highest BCUT2D eigenvalue weighted by atomic mass is 16.5. The number of benzene rings is 1. The fourth-order valence-corrected chi connectivity index (χ4v) is 5.95. The second kappa shape index (κ2) is 11.2. The molecule has 1 saturated heterocycles. The summed E-state index contributed by atoms with van der Waals surface area (Å²) in [5.74, 6) is 0.909. The quantitative estimate of drug-likeness (QED) is 0.370. The number of aryl methyl sites for hydroxylation is 3. The molecule has 6 rings (SSSR count). The molecule has 2 bridgehead atoms. The predicted octanol–water partition coefficient (Wildman–Crippen LogP) is 4.67. The minimum absolute atomic E-state index is 0.00887. The predicted molar refractivity (Wildman–Crippen MR) is 157 cm³/mol. The first-order valence-corrected chi connectivity index (χ1v) is 14.3. The zero-order valence-electron chi connectivity index (χ0n) is 23.6. The molecule has 2 aliphatic heterocycles. The van der Waals surface area contributed by atoms with Crippen LogP contribution in [0, 0.1) is 6.92 Å². The van der Waals surface area contributed by atoms with Gasteiger partial charge < -0.3 is 14.2 Å². The summed E-state index contributed by atoms with van der Waals surface area (Å²) in [6, 6.07) is 9.95. The number of pyridine rings is 1. The third-order valence-electron chi connectivity index (χ3n) is 7.98. The molecule has 1 fully saturated rings. The summed E-state index contributed by atoms with van der Waals surface area (Å²) in [5, 5.41) is 7.44. The van der Waals surface area contributed by atoms with Crippen molar-refractivity contribution in [2.24, 2.45) is 7.05 Å². The summed E-state index contributed by atoms with van der Waals surface area (Å²) in [4.78, 5) is 37.3. The second-order valence-corrected chi connectivity index (χ2v) is 10.9. The van der Waals surface area contributed by atoms with Crippen LogP contribution in [-0.4, -0.2) is 60.2 Å². The van der Waals surface area contributed by atoms with Crippen molar-refractivity contribution < 1.29 is 14.3 Å². The van der Waals surface area contributed by atoms with Gasteiger partial charge in [0, 0.05) is 37.4 Å². The summed E-state index contributed by atoms with van der Waals surface area (Å²) < 4.78 is 9.95. The number of hydrogen-bond donors (Lipinski definition) is 1. The van der Waals surface area contributed by atoms with Gasteiger partial charge in [-0.05, 0) is 81.4 Å². The fraction of sp³-hybridized carbons (Fsp3) is 0.387. The molecule has 5 heterocycles. The van der Waals surface area contributed by atoms with Crippen LogP contribution in [0.4, 0.5) is 5.95 Å². The number of amides is 2. The number of ether oxygens (including phenoxy) is 1. The van der Waals surface area contributed by atoms with Gasteiger partial charge >= 0.3 is 0 Å². The lowest BCUT2D eigenvalue weighted by atomic mass is 10.0. The molecule has 41 heavy (non-hydrogen) atoms. The Balaban J connectivity index is 1.34. The van der Waals surface area contributed by atoms with E-state index in [4.69, 9.17) is 9.72 Å². The number of imidazole rings is 1. The highest BCUT2D eigenvalue weighted by Gasteiger charge is 2.27. The van der Waals surface area contributed by atoms with Crippen LogP contribution in [0.25, 0.3) is 22.3 Å². The number of anilines is 1. The Kier molecular flexibility index (Phi) is 7.30. The van der Waals surface area contributed by atoms with E-state index in [0.717, 1.165) is 72.9 Å². The molecule has 1 unspecified atom stereocenters. The maximum absolute atomic E-state index is 13.6. The lowest BCUT2D eigenvalue weighted by molar-refractivity contribution is -0.126. The standard InChI is InChI=1S/C31H35N7O3/c1-4-28(39)37-13-8-9-23(37)16-21-10-11-25-27(17-21)38-12-6-5-7-14-41-30-24(19-32-36(30)3)26-18-22(15-20(2)33-26)29(40)35-31(38)34-25/h4,10-11,15,17-19,23H,1,5-9,12-14,16H2,2-3H3,(H,34,35,40). The molecule has 2 amide bonds. The Morgan fingerprint density at radius 1 is 1.15 bits per heavy atom. The Labute approximate surface area is 239 Å². The zero-order valence-corrected chi connectivity index (χ0v) is 23.6. The van der Waals surface area contributed by atoms with Gasteiger partial charge in [0.05, 0.1) is 35.1 Å². The Morgan fingerprint density at radius 2 is 2.02 bits per heavy atom. The van der Waals surface area contributed by atoms with E-state index in [0.29, 0.717) is 36.2 Å². The molecule has 10 heteroatoms. The van der Waals surface area contributed by atoms with Gasteiger partial charge in [0.1, 0.15) is 0 Å². The van der Waals surface area contributed by atoms with Crippen molar-refractivity contribution in [2.45, 2.75) is 58.0 Å². The van der Waals surface area contributed by atoms with E-state index in [2.05, 4.69) is 38.7 Å². The molecule has 0 radical (unpaired) electrons. The van der Waals surface area contributed by atoms with Gasteiger partial charge in [-0.15, -0.1) is 0 Å². The summed E-state index contributed by atoms with van der Waals surface area (Å²) in [5.41, 5.74) is 5.56. The van der Waals surface area contributed by atoms with E-state index in [1.807, 2.05) is 24.9 Å². The topological polar surface area (TPSA) is 107 Å². The summed E-state index contributed by atoms with van der Waals surface area (Å²) in [6.07, 6.45) is 8.62. The van der Waals surface area contributed by atoms with Gasteiger partial charge in [-0.25, -0.2) is 9.67 Å². The van der Waals surface area contributed by atoms with Crippen LogP contribution in [0.3, 0.4) is 0 Å². The molecule has 1 atom stereocenters. The molecule has 4 aromatic rings. The van der Waals surface area contributed by atoms with Crippen molar-refractivity contribution in [1.82, 2.24) is 29.2 Å². The summed E-state index contributed by atoms with van der Waals surface area (Å²) >= 11 is 0. The van der Waals surface area contributed by atoms with Crippen LogP contribution in [0.2, 0.25) is 0 Å². The number of carbonyl (C=O) groups excluding carboxylic acids is 2.